The van der Waals surface area contributed by atoms with Crippen LogP contribution in [0.4, 0.5) is 5.69 Å². The topological polar surface area (TPSA) is 46.2 Å². The van der Waals surface area contributed by atoms with Gasteiger partial charge in [0.1, 0.15) is 5.01 Å². The van der Waals surface area contributed by atoms with Crippen molar-refractivity contribution in [3.63, 3.8) is 0 Å². The molecule has 0 amide bonds. The van der Waals surface area contributed by atoms with Gasteiger partial charge in [-0.3, -0.25) is 0 Å². The molecular weight excluding hydrogens is 338 g/mol. The molecule has 0 spiro atoms. The number of para-hydroxylation sites is 1. The number of methoxy groups -OCH3 is 1. The molecule has 0 saturated carbocycles. The van der Waals surface area contributed by atoms with Crippen LogP contribution in [0.1, 0.15) is 6.42 Å². The second kappa shape index (κ2) is 8.19. The van der Waals surface area contributed by atoms with Crippen molar-refractivity contribution in [3.05, 3.63) is 48.5 Å². The maximum Gasteiger partial charge on any atom is 0.170 e. The first-order valence-electron chi connectivity index (χ1n) is 7.76. The number of hydrogen-bond acceptors (Lipinski definition) is 4. The third-order valence-electron chi connectivity index (χ3n) is 3.49. The van der Waals surface area contributed by atoms with Crippen LogP contribution in [-0.4, -0.2) is 30.4 Å². The maximum atomic E-state index is 5.28. The monoisotopic (exact) mass is 357 g/mol. The Morgan fingerprint density at radius 2 is 1.96 bits per heavy atom. The van der Waals surface area contributed by atoms with Crippen LogP contribution >= 0.6 is 23.6 Å². The lowest BCUT2D eigenvalue weighted by Crippen LogP contribution is -2.29. The number of thiazole rings is 1. The number of rotatable bonds is 6. The summed E-state index contributed by atoms with van der Waals surface area (Å²) in [6.45, 7) is 1.52. The maximum absolute atomic E-state index is 5.28. The standard InChI is InChI=1S/C18H19N3OS2/c1-22-12-4-11-19-18(23)20-14-9-7-13(8-10-14)17-21-15-5-2-3-6-16(15)24-17/h2-3,5-10H,4,11-12H2,1H3,(H2,19,20,23). The van der Waals surface area contributed by atoms with E-state index in [0.717, 1.165) is 41.3 Å². The van der Waals surface area contributed by atoms with Crippen molar-refractivity contribution in [1.29, 1.82) is 0 Å². The largest absolute Gasteiger partial charge is 0.385 e. The number of nitrogens with zero attached hydrogens (tertiary/aromatic N) is 1. The summed E-state index contributed by atoms with van der Waals surface area (Å²) in [7, 11) is 1.70. The second-order valence-corrected chi connectivity index (χ2v) is 6.73. The molecule has 0 aliphatic rings. The van der Waals surface area contributed by atoms with Crippen LogP contribution in [0, 0.1) is 0 Å². The highest BCUT2D eigenvalue weighted by atomic mass is 32.1. The Hall–Kier alpha value is -2.02. The minimum absolute atomic E-state index is 0.624. The molecule has 3 rings (SSSR count). The minimum Gasteiger partial charge on any atom is -0.385 e. The smallest absolute Gasteiger partial charge is 0.170 e. The molecule has 3 aromatic rings. The van der Waals surface area contributed by atoms with Gasteiger partial charge in [0.2, 0.25) is 0 Å². The summed E-state index contributed by atoms with van der Waals surface area (Å²) in [5.74, 6) is 0. The number of benzene rings is 2. The Morgan fingerprint density at radius 1 is 1.17 bits per heavy atom. The summed E-state index contributed by atoms with van der Waals surface area (Å²) in [5.41, 5.74) is 3.12. The summed E-state index contributed by atoms with van der Waals surface area (Å²) in [5, 5.41) is 8.00. The first kappa shape index (κ1) is 16.8. The van der Waals surface area contributed by atoms with Crippen molar-refractivity contribution >= 4 is 44.6 Å². The fourth-order valence-electron chi connectivity index (χ4n) is 2.29. The molecule has 2 aromatic carbocycles. The zero-order valence-electron chi connectivity index (χ0n) is 13.4. The molecule has 124 valence electrons. The average molecular weight is 358 g/mol. The lowest BCUT2D eigenvalue weighted by Gasteiger charge is -2.10. The van der Waals surface area contributed by atoms with E-state index in [0.29, 0.717) is 5.11 Å². The van der Waals surface area contributed by atoms with Crippen LogP contribution in [0.3, 0.4) is 0 Å². The zero-order chi connectivity index (χ0) is 16.8. The van der Waals surface area contributed by atoms with Gasteiger partial charge in [-0.25, -0.2) is 4.98 Å². The van der Waals surface area contributed by atoms with Crippen molar-refractivity contribution in [1.82, 2.24) is 10.3 Å². The van der Waals surface area contributed by atoms with Gasteiger partial charge in [0.05, 0.1) is 10.2 Å². The number of hydrogen-bond donors (Lipinski definition) is 2. The first-order valence-corrected chi connectivity index (χ1v) is 8.98. The Balaban J connectivity index is 1.61. The lowest BCUT2D eigenvalue weighted by atomic mass is 10.2. The van der Waals surface area contributed by atoms with E-state index in [4.69, 9.17) is 17.0 Å². The highest BCUT2D eigenvalue weighted by Crippen LogP contribution is 2.30. The van der Waals surface area contributed by atoms with Crippen LogP contribution in [-0.2, 0) is 4.74 Å². The van der Waals surface area contributed by atoms with Crippen molar-refractivity contribution in [2.45, 2.75) is 6.42 Å². The van der Waals surface area contributed by atoms with Crippen LogP contribution in [0.15, 0.2) is 48.5 Å². The average Bonchev–Trinajstić information content (AvgIpc) is 3.03. The van der Waals surface area contributed by atoms with E-state index in [1.165, 1.54) is 4.70 Å². The summed E-state index contributed by atoms with van der Waals surface area (Å²) >= 11 is 6.99. The SMILES string of the molecule is COCCCNC(=S)Nc1ccc(-c2nc3ccccc3s2)cc1. The molecule has 1 aromatic heterocycles. The molecule has 0 bridgehead atoms. The molecule has 0 saturated heterocycles. The Labute approximate surface area is 150 Å². The van der Waals surface area contributed by atoms with Gasteiger partial charge in [0.25, 0.3) is 0 Å². The fraction of sp³-hybridized carbons (Fsp3) is 0.222. The van der Waals surface area contributed by atoms with Gasteiger partial charge in [0, 0.05) is 31.5 Å². The summed E-state index contributed by atoms with van der Waals surface area (Å²) in [4.78, 5) is 4.68. The van der Waals surface area contributed by atoms with E-state index in [1.807, 2.05) is 30.3 Å². The van der Waals surface area contributed by atoms with Gasteiger partial charge in [0.15, 0.2) is 5.11 Å². The quantitative estimate of drug-likeness (QED) is 0.509. The number of aromatic nitrogens is 1. The van der Waals surface area contributed by atoms with Gasteiger partial charge in [-0.2, -0.15) is 0 Å². The van der Waals surface area contributed by atoms with Crippen molar-refractivity contribution in [2.24, 2.45) is 0 Å². The Bertz CT molecular complexity index is 782. The highest BCUT2D eigenvalue weighted by Gasteiger charge is 2.06. The zero-order valence-corrected chi connectivity index (χ0v) is 15.0. The van der Waals surface area contributed by atoms with Gasteiger partial charge in [-0.15, -0.1) is 11.3 Å². The molecule has 0 aliphatic carbocycles. The molecule has 6 heteroatoms. The summed E-state index contributed by atoms with van der Waals surface area (Å²) < 4.78 is 6.22. The molecule has 1 heterocycles. The van der Waals surface area contributed by atoms with E-state index < -0.39 is 0 Å². The third-order valence-corrected chi connectivity index (χ3v) is 4.83. The van der Waals surface area contributed by atoms with E-state index >= 15 is 0 Å². The molecule has 0 unspecified atom stereocenters. The van der Waals surface area contributed by atoms with Gasteiger partial charge in [-0.1, -0.05) is 12.1 Å². The fourth-order valence-corrected chi connectivity index (χ4v) is 3.48. The second-order valence-electron chi connectivity index (χ2n) is 5.29. The molecule has 0 fully saturated rings. The molecule has 0 radical (unpaired) electrons. The van der Waals surface area contributed by atoms with Crippen molar-refractivity contribution < 1.29 is 4.74 Å². The first-order chi connectivity index (χ1) is 11.8. The molecular formula is C18H19N3OS2. The number of anilines is 1. The molecule has 0 aliphatic heterocycles. The van der Waals surface area contributed by atoms with E-state index in [-0.39, 0.29) is 0 Å². The van der Waals surface area contributed by atoms with Gasteiger partial charge < -0.3 is 15.4 Å². The predicted molar refractivity (Wildman–Crippen MR) is 106 cm³/mol. The summed E-state index contributed by atoms with van der Waals surface area (Å²) in [6.07, 6.45) is 0.925. The minimum atomic E-state index is 0.624. The van der Waals surface area contributed by atoms with Gasteiger partial charge >= 0.3 is 0 Å². The Kier molecular flexibility index (Phi) is 5.74. The number of fused-ring (bicyclic) bond motifs is 1. The predicted octanol–water partition coefficient (Wildman–Crippen LogP) is 4.29. The van der Waals surface area contributed by atoms with Crippen LogP contribution in [0.25, 0.3) is 20.8 Å². The lowest BCUT2D eigenvalue weighted by molar-refractivity contribution is 0.196. The molecule has 24 heavy (non-hydrogen) atoms. The van der Waals surface area contributed by atoms with Crippen LogP contribution in [0.5, 0.6) is 0 Å². The highest BCUT2D eigenvalue weighted by molar-refractivity contribution is 7.80. The molecule has 2 N–H and O–H groups in total. The van der Waals surface area contributed by atoms with E-state index in [1.54, 1.807) is 18.4 Å². The van der Waals surface area contributed by atoms with Gasteiger partial charge in [-0.05, 0) is 55.0 Å². The van der Waals surface area contributed by atoms with E-state index in [2.05, 4.69) is 33.8 Å². The summed E-state index contributed by atoms with van der Waals surface area (Å²) in [6, 6.07) is 16.4. The number of thiocarbonyl (C=S) groups is 1. The van der Waals surface area contributed by atoms with Crippen LogP contribution in [0.2, 0.25) is 0 Å². The molecule has 0 atom stereocenters. The van der Waals surface area contributed by atoms with Crippen LogP contribution < -0.4 is 10.6 Å². The normalized spacial score (nSPS) is 10.7. The molecule has 4 nitrogen and oxygen atoms in total. The third kappa shape index (κ3) is 4.29. The number of nitrogens with one attached hydrogen (secondary N) is 2. The van der Waals surface area contributed by atoms with Crippen molar-refractivity contribution in [3.8, 4) is 10.6 Å². The van der Waals surface area contributed by atoms with Crippen molar-refractivity contribution in [2.75, 3.05) is 25.6 Å². The number of ether oxygens (including phenoxy) is 1. The van der Waals surface area contributed by atoms with E-state index in [9.17, 15) is 0 Å². The Morgan fingerprint density at radius 3 is 2.71 bits per heavy atom.